The fraction of sp³-hybridized carbons (Fsp3) is 0.156. The molecule has 4 aromatic carbocycles. The molecular formula is C32H29NO3. The van der Waals surface area contributed by atoms with Gasteiger partial charge in [-0.3, -0.25) is 4.99 Å². The van der Waals surface area contributed by atoms with Crippen LogP contribution in [0.15, 0.2) is 108 Å². The van der Waals surface area contributed by atoms with Gasteiger partial charge in [0.15, 0.2) is 11.5 Å². The number of methoxy groups -OCH3 is 2. The van der Waals surface area contributed by atoms with E-state index in [0.29, 0.717) is 18.0 Å². The number of allylic oxidation sites excluding steroid dienone is 1. The van der Waals surface area contributed by atoms with E-state index in [1.54, 1.807) is 14.2 Å². The van der Waals surface area contributed by atoms with Crippen LogP contribution in [0, 0.1) is 6.92 Å². The Bertz CT molecular complexity index is 1420. The molecule has 4 heteroatoms. The van der Waals surface area contributed by atoms with Crippen LogP contribution in [-0.2, 0) is 6.54 Å². The minimum Gasteiger partial charge on any atom is -0.493 e. The second-order valence-electron chi connectivity index (χ2n) is 8.74. The molecule has 1 atom stereocenters. The predicted molar refractivity (Wildman–Crippen MR) is 145 cm³/mol. The molecule has 4 nitrogen and oxygen atoms in total. The van der Waals surface area contributed by atoms with Gasteiger partial charge in [0, 0.05) is 28.8 Å². The van der Waals surface area contributed by atoms with Crippen molar-refractivity contribution in [2.24, 2.45) is 4.99 Å². The third-order valence-corrected chi connectivity index (χ3v) is 6.51. The largest absolute Gasteiger partial charge is 0.493 e. The molecule has 1 heterocycles. The number of nitrogens with zero attached hydrogens (tertiary/aromatic N) is 1. The molecule has 5 rings (SSSR count). The highest BCUT2D eigenvalue weighted by Gasteiger charge is 2.32. The van der Waals surface area contributed by atoms with Gasteiger partial charge in [-0.15, -0.1) is 0 Å². The van der Waals surface area contributed by atoms with Crippen molar-refractivity contribution < 1.29 is 14.2 Å². The molecule has 0 aromatic heterocycles. The van der Waals surface area contributed by atoms with Gasteiger partial charge in [-0.05, 0) is 47.9 Å². The van der Waals surface area contributed by atoms with Crippen molar-refractivity contribution in [2.45, 2.75) is 19.4 Å². The second-order valence-corrected chi connectivity index (χ2v) is 8.74. The van der Waals surface area contributed by atoms with Crippen LogP contribution < -0.4 is 14.2 Å². The van der Waals surface area contributed by atoms with Gasteiger partial charge in [-0.1, -0.05) is 72.8 Å². The summed E-state index contributed by atoms with van der Waals surface area (Å²) in [5, 5.41) is 0. The number of aliphatic imine (C=N–C) groups is 1. The number of aryl methyl sites for hydroxylation is 1. The summed E-state index contributed by atoms with van der Waals surface area (Å²) in [6, 6.07) is 32.9. The summed E-state index contributed by atoms with van der Waals surface area (Å²) in [5.41, 5.74) is 6.64. The molecule has 4 aromatic rings. The van der Waals surface area contributed by atoms with Gasteiger partial charge in [0.1, 0.15) is 11.5 Å². The Kier molecular flexibility index (Phi) is 6.85. The van der Waals surface area contributed by atoms with Crippen LogP contribution >= 0.6 is 0 Å². The van der Waals surface area contributed by atoms with E-state index in [0.717, 1.165) is 33.8 Å². The molecule has 1 aliphatic heterocycles. The van der Waals surface area contributed by atoms with Gasteiger partial charge in [-0.25, -0.2) is 0 Å². The lowest BCUT2D eigenvalue weighted by Gasteiger charge is -2.31. The molecule has 0 spiro atoms. The Morgan fingerprint density at radius 1 is 0.778 bits per heavy atom. The Hall–Kier alpha value is -4.31. The van der Waals surface area contributed by atoms with Crippen molar-refractivity contribution in [1.82, 2.24) is 0 Å². The smallest absolute Gasteiger partial charge is 0.161 e. The summed E-state index contributed by atoms with van der Waals surface area (Å²) in [4.78, 5) is 4.88. The normalized spacial score (nSPS) is 14.9. The van der Waals surface area contributed by atoms with E-state index in [-0.39, 0.29) is 5.92 Å². The van der Waals surface area contributed by atoms with E-state index in [9.17, 15) is 0 Å². The van der Waals surface area contributed by atoms with E-state index in [1.165, 1.54) is 11.1 Å². The number of rotatable bonds is 7. The van der Waals surface area contributed by atoms with Crippen molar-refractivity contribution in [3.05, 3.63) is 130 Å². The number of hydrogen-bond donors (Lipinski definition) is 0. The van der Waals surface area contributed by atoms with Crippen LogP contribution in [0.25, 0.3) is 5.76 Å². The highest BCUT2D eigenvalue weighted by Crippen LogP contribution is 2.46. The summed E-state index contributed by atoms with van der Waals surface area (Å²) < 4.78 is 17.7. The molecule has 0 fully saturated rings. The first kappa shape index (κ1) is 23.4. The molecule has 36 heavy (non-hydrogen) atoms. The minimum absolute atomic E-state index is 0.0289. The Morgan fingerprint density at radius 3 is 2.22 bits per heavy atom. The van der Waals surface area contributed by atoms with Gasteiger partial charge < -0.3 is 14.2 Å². The standard InChI is InChI=1S/C32H29NO3/c1-22-11-7-8-14-25(22)31-26-15-9-10-16-28(26)36-32(24-17-18-29(34-2)30(19-24)35-3)27(31)21-33-20-23-12-5-4-6-13-23/h4-19,21,31H,20H2,1-3H3. The highest BCUT2D eigenvalue weighted by atomic mass is 16.5. The van der Waals surface area contributed by atoms with Crippen LogP contribution in [-0.4, -0.2) is 20.4 Å². The topological polar surface area (TPSA) is 40.0 Å². The lowest BCUT2D eigenvalue weighted by atomic mass is 9.80. The Labute approximate surface area is 212 Å². The predicted octanol–water partition coefficient (Wildman–Crippen LogP) is 7.22. The highest BCUT2D eigenvalue weighted by molar-refractivity contribution is 5.94. The van der Waals surface area contributed by atoms with Crippen LogP contribution in [0.4, 0.5) is 0 Å². The molecule has 0 amide bonds. The monoisotopic (exact) mass is 475 g/mol. The van der Waals surface area contributed by atoms with Crippen molar-refractivity contribution in [3.63, 3.8) is 0 Å². The van der Waals surface area contributed by atoms with Crippen molar-refractivity contribution in [1.29, 1.82) is 0 Å². The average molecular weight is 476 g/mol. The summed E-state index contributed by atoms with van der Waals surface area (Å²) in [6.07, 6.45) is 1.98. The third kappa shape index (κ3) is 4.63. The SMILES string of the molecule is COc1ccc(C2=C(C=NCc3ccccc3)C(c3ccccc3C)c3ccccc3O2)cc1OC. The van der Waals surface area contributed by atoms with Crippen molar-refractivity contribution in [2.75, 3.05) is 14.2 Å². The molecule has 0 N–H and O–H groups in total. The third-order valence-electron chi connectivity index (χ3n) is 6.51. The molecular weight excluding hydrogens is 446 g/mol. The number of hydrogen-bond acceptors (Lipinski definition) is 4. The first-order chi connectivity index (χ1) is 17.7. The number of ether oxygens (including phenoxy) is 3. The zero-order chi connectivity index (χ0) is 24.9. The fourth-order valence-corrected chi connectivity index (χ4v) is 4.69. The molecule has 0 aliphatic carbocycles. The van der Waals surface area contributed by atoms with E-state index in [4.69, 9.17) is 19.2 Å². The Balaban J connectivity index is 1.70. The van der Waals surface area contributed by atoms with Crippen molar-refractivity contribution >= 4 is 12.0 Å². The maximum atomic E-state index is 6.59. The van der Waals surface area contributed by atoms with E-state index in [1.807, 2.05) is 54.7 Å². The molecule has 0 bridgehead atoms. The van der Waals surface area contributed by atoms with Gasteiger partial charge in [-0.2, -0.15) is 0 Å². The van der Waals surface area contributed by atoms with Gasteiger partial charge in [0.05, 0.1) is 20.8 Å². The van der Waals surface area contributed by atoms with Crippen LogP contribution in [0.2, 0.25) is 0 Å². The summed E-state index contributed by atoms with van der Waals surface area (Å²) >= 11 is 0. The Morgan fingerprint density at radius 2 is 1.47 bits per heavy atom. The van der Waals surface area contributed by atoms with E-state index in [2.05, 4.69) is 55.5 Å². The van der Waals surface area contributed by atoms with Gasteiger partial charge in [0.2, 0.25) is 0 Å². The molecule has 0 saturated carbocycles. The average Bonchev–Trinajstić information content (AvgIpc) is 2.93. The zero-order valence-electron chi connectivity index (χ0n) is 20.8. The van der Waals surface area contributed by atoms with E-state index < -0.39 is 0 Å². The molecule has 180 valence electrons. The van der Waals surface area contributed by atoms with Crippen LogP contribution in [0.5, 0.6) is 17.2 Å². The first-order valence-electron chi connectivity index (χ1n) is 12.0. The van der Waals surface area contributed by atoms with Crippen molar-refractivity contribution in [3.8, 4) is 17.2 Å². The maximum absolute atomic E-state index is 6.59. The number of fused-ring (bicyclic) bond motifs is 1. The fourth-order valence-electron chi connectivity index (χ4n) is 4.69. The minimum atomic E-state index is -0.0289. The lowest BCUT2D eigenvalue weighted by Crippen LogP contribution is -2.18. The molecule has 1 aliphatic rings. The molecule has 0 radical (unpaired) electrons. The van der Waals surface area contributed by atoms with E-state index >= 15 is 0 Å². The van der Waals surface area contributed by atoms with Gasteiger partial charge in [0.25, 0.3) is 0 Å². The summed E-state index contributed by atoms with van der Waals surface area (Å²) in [7, 11) is 3.28. The first-order valence-corrected chi connectivity index (χ1v) is 12.0. The number of benzene rings is 4. The summed E-state index contributed by atoms with van der Waals surface area (Å²) in [5.74, 6) is 2.90. The zero-order valence-corrected chi connectivity index (χ0v) is 20.8. The quantitative estimate of drug-likeness (QED) is 0.265. The van der Waals surface area contributed by atoms with Gasteiger partial charge >= 0.3 is 0 Å². The molecule has 0 saturated heterocycles. The summed E-state index contributed by atoms with van der Waals surface area (Å²) in [6.45, 7) is 2.74. The maximum Gasteiger partial charge on any atom is 0.161 e. The second kappa shape index (κ2) is 10.5. The lowest BCUT2D eigenvalue weighted by molar-refractivity contribution is 0.354. The molecule has 1 unspecified atom stereocenters. The van der Waals surface area contributed by atoms with Crippen LogP contribution in [0.3, 0.4) is 0 Å². The van der Waals surface area contributed by atoms with Crippen LogP contribution in [0.1, 0.15) is 33.7 Å². The number of para-hydroxylation sites is 1.